The molecule has 0 saturated heterocycles. The quantitative estimate of drug-likeness (QED) is 0.675. The van der Waals surface area contributed by atoms with Crippen LogP contribution in [0.4, 0.5) is 0 Å². The first-order valence-corrected chi connectivity index (χ1v) is 5.47. The van der Waals surface area contributed by atoms with Crippen LogP contribution in [0, 0.1) is 0 Å². The lowest BCUT2D eigenvalue weighted by Crippen LogP contribution is -2.22. The van der Waals surface area contributed by atoms with Gasteiger partial charge < -0.3 is 5.32 Å². The summed E-state index contributed by atoms with van der Waals surface area (Å²) in [6, 6.07) is 1.94. The Morgan fingerprint density at radius 1 is 1.00 bits per heavy atom. The van der Waals surface area contributed by atoms with Crippen molar-refractivity contribution in [2.75, 3.05) is 13.1 Å². The van der Waals surface area contributed by atoms with Crippen molar-refractivity contribution in [2.24, 2.45) is 0 Å². The maximum atomic E-state index is 4.13. The zero-order chi connectivity index (χ0) is 11.1. The molecular weight excluding hydrogens is 204 g/mol. The van der Waals surface area contributed by atoms with E-state index in [1.807, 2.05) is 27.8 Å². The first kappa shape index (κ1) is 10.8. The summed E-state index contributed by atoms with van der Waals surface area (Å²) in [7, 11) is 0. The molecule has 6 nitrogen and oxygen atoms in total. The molecule has 2 rings (SSSR count). The lowest BCUT2D eigenvalue weighted by atomic mass is 10.4. The van der Waals surface area contributed by atoms with Crippen LogP contribution in [0.2, 0.25) is 0 Å². The Kier molecular flexibility index (Phi) is 4.07. The molecule has 2 heterocycles. The zero-order valence-electron chi connectivity index (χ0n) is 9.16. The average Bonchev–Trinajstić information content (AvgIpc) is 2.96. The smallest absolute Gasteiger partial charge is 0.0692 e. The molecule has 0 saturated carbocycles. The number of hydrogen-bond acceptors (Lipinski definition) is 4. The lowest BCUT2D eigenvalue weighted by Gasteiger charge is -2.04. The molecular formula is C10H16N6. The molecule has 0 aliphatic carbocycles. The molecule has 2 aromatic heterocycles. The van der Waals surface area contributed by atoms with Crippen molar-refractivity contribution in [3.8, 4) is 0 Å². The van der Waals surface area contributed by atoms with Crippen LogP contribution in [0.15, 0.2) is 30.9 Å². The Labute approximate surface area is 94.3 Å². The topological polar surface area (TPSA) is 60.6 Å². The van der Waals surface area contributed by atoms with Gasteiger partial charge in [0.15, 0.2) is 0 Å². The minimum absolute atomic E-state index is 0.911. The summed E-state index contributed by atoms with van der Waals surface area (Å²) < 4.78 is 3.76. The van der Waals surface area contributed by atoms with E-state index in [1.54, 1.807) is 12.4 Å². The van der Waals surface area contributed by atoms with Crippen LogP contribution in [0.25, 0.3) is 0 Å². The van der Waals surface area contributed by atoms with Crippen molar-refractivity contribution >= 4 is 0 Å². The normalized spacial score (nSPS) is 10.8. The van der Waals surface area contributed by atoms with Gasteiger partial charge in [-0.2, -0.15) is 5.10 Å². The van der Waals surface area contributed by atoms with Crippen LogP contribution < -0.4 is 5.32 Å². The number of aromatic nitrogens is 5. The zero-order valence-corrected chi connectivity index (χ0v) is 9.16. The van der Waals surface area contributed by atoms with E-state index in [1.165, 1.54) is 0 Å². The Hall–Kier alpha value is -1.69. The van der Waals surface area contributed by atoms with Gasteiger partial charge in [0, 0.05) is 31.7 Å². The fourth-order valence-corrected chi connectivity index (χ4v) is 1.47. The maximum absolute atomic E-state index is 4.13. The van der Waals surface area contributed by atoms with Gasteiger partial charge >= 0.3 is 0 Å². The summed E-state index contributed by atoms with van der Waals surface area (Å²) in [5, 5.41) is 15.1. The second-order valence-corrected chi connectivity index (χ2v) is 3.54. The summed E-state index contributed by atoms with van der Waals surface area (Å²) >= 11 is 0. The molecule has 0 amide bonds. The second-order valence-electron chi connectivity index (χ2n) is 3.54. The Bertz CT molecular complexity index is 328. The van der Waals surface area contributed by atoms with Crippen LogP contribution in [-0.4, -0.2) is 37.9 Å². The molecule has 0 atom stereocenters. The summed E-state index contributed by atoms with van der Waals surface area (Å²) in [4.78, 5) is 0. The van der Waals surface area contributed by atoms with Crippen molar-refractivity contribution in [2.45, 2.75) is 19.5 Å². The van der Waals surface area contributed by atoms with Crippen LogP contribution in [0.3, 0.4) is 0 Å². The molecule has 0 spiro atoms. The van der Waals surface area contributed by atoms with E-state index in [0.717, 1.165) is 32.6 Å². The number of aryl methyl sites for hydroxylation is 1. The summed E-state index contributed by atoms with van der Waals surface area (Å²) in [5.41, 5.74) is 0. The van der Waals surface area contributed by atoms with Gasteiger partial charge in [0.05, 0.1) is 12.7 Å². The molecule has 1 N–H and O–H groups in total. The molecule has 0 bridgehead atoms. The van der Waals surface area contributed by atoms with Crippen LogP contribution in [-0.2, 0) is 13.1 Å². The molecule has 0 aliphatic heterocycles. The van der Waals surface area contributed by atoms with E-state index < -0.39 is 0 Å². The number of hydrogen-bond donors (Lipinski definition) is 1. The molecule has 2 aromatic rings. The third-order valence-electron chi connectivity index (χ3n) is 2.29. The minimum Gasteiger partial charge on any atom is -0.315 e. The monoisotopic (exact) mass is 220 g/mol. The van der Waals surface area contributed by atoms with Crippen molar-refractivity contribution in [1.82, 2.24) is 30.1 Å². The van der Waals surface area contributed by atoms with Gasteiger partial charge in [0.2, 0.25) is 0 Å². The van der Waals surface area contributed by atoms with Crippen molar-refractivity contribution in [1.29, 1.82) is 0 Å². The van der Waals surface area contributed by atoms with Gasteiger partial charge in [0.1, 0.15) is 0 Å². The molecule has 0 unspecified atom stereocenters. The highest BCUT2D eigenvalue weighted by Crippen LogP contribution is 1.86. The molecule has 0 aliphatic rings. The Morgan fingerprint density at radius 2 is 2.00 bits per heavy atom. The highest BCUT2D eigenvalue weighted by molar-refractivity contribution is 4.77. The number of nitrogens with one attached hydrogen (secondary N) is 1. The van der Waals surface area contributed by atoms with Gasteiger partial charge in [-0.25, -0.2) is 0 Å². The van der Waals surface area contributed by atoms with Crippen LogP contribution in [0.5, 0.6) is 0 Å². The number of rotatable bonds is 7. The predicted molar refractivity (Wildman–Crippen MR) is 59.7 cm³/mol. The highest BCUT2D eigenvalue weighted by atomic mass is 15.4. The van der Waals surface area contributed by atoms with Gasteiger partial charge in [-0.1, -0.05) is 5.21 Å². The predicted octanol–water partition coefficient (Wildman–Crippen LogP) is 0.154. The lowest BCUT2D eigenvalue weighted by molar-refractivity contribution is 0.506. The highest BCUT2D eigenvalue weighted by Gasteiger charge is 1.93. The third-order valence-corrected chi connectivity index (χ3v) is 2.29. The number of nitrogens with zero attached hydrogens (tertiary/aromatic N) is 5. The molecule has 16 heavy (non-hydrogen) atoms. The Morgan fingerprint density at radius 3 is 2.75 bits per heavy atom. The second kappa shape index (κ2) is 6.02. The molecule has 0 aromatic carbocycles. The van der Waals surface area contributed by atoms with E-state index >= 15 is 0 Å². The van der Waals surface area contributed by atoms with E-state index in [2.05, 4.69) is 20.7 Å². The van der Waals surface area contributed by atoms with Gasteiger partial charge in [-0.05, 0) is 19.0 Å². The minimum atomic E-state index is 0.911. The van der Waals surface area contributed by atoms with E-state index in [-0.39, 0.29) is 0 Å². The first-order valence-electron chi connectivity index (χ1n) is 5.47. The standard InChI is InChI=1S/C10H16N6/c1(8-16-10-6-12-14-16)3-11-5-9-15-7-2-4-13-15/h2,4,6-7,10-11H,1,3,5,8-9H2. The largest absolute Gasteiger partial charge is 0.315 e. The van der Waals surface area contributed by atoms with Crippen LogP contribution in [0.1, 0.15) is 6.42 Å². The summed E-state index contributed by atoms with van der Waals surface area (Å²) in [6.45, 7) is 3.76. The van der Waals surface area contributed by atoms with Crippen molar-refractivity contribution < 1.29 is 0 Å². The van der Waals surface area contributed by atoms with Crippen molar-refractivity contribution in [3.63, 3.8) is 0 Å². The molecule has 0 fully saturated rings. The third kappa shape index (κ3) is 3.47. The maximum Gasteiger partial charge on any atom is 0.0692 e. The fourth-order valence-electron chi connectivity index (χ4n) is 1.47. The van der Waals surface area contributed by atoms with Gasteiger partial charge in [-0.3, -0.25) is 9.36 Å². The molecule has 86 valence electrons. The first-order chi connectivity index (χ1) is 7.95. The van der Waals surface area contributed by atoms with E-state index in [9.17, 15) is 0 Å². The summed E-state index contributed by atoms with van der Waals surface area (Å²) in [6.07, 6.45) is 8.40. The summed E-state index contributed by atoms with van der Waals surface area (Å²) in [5.74, 6) is 0. The van der Waals surface area contributed by atoms with Crippen molar-refractivity contribution in [3.05, 3.63) is 30.9 Å². The SMILES string of the molecule is c1cnn(CCNCCCn2ccnn2)c1. The van der Waals surface area contributed by atoms with E-state index in [0.29, 0.717) is 0 Å². The molecule has 0 radical (unpaired) electrons. The Balaban J connectivity index is 1.49. The van der Waals surface area contributed by atoms with Gasteiger partial charge in [0.25, 0.3) is 0 Å². The van der Waals surface area contributed by atoms with Gasteiger partial charge in [-0.15, -0.1) is 5.10 Å². The van der Waals surface area contributed by atoms with E-state index in [4.69, 9.17) is 0 Å². The van der Waals surface area contributed by atoms with Crippen LogP contribution >= 0.6 is 0 Å². The molecule has 6 heteroatoms. The average molecular weight is 220 g/mol. The fraction of sp³-hybridized carbons (Fsp3) is 0.500.